The lowest BCUT2D eigenvalue weighted by Gasteiger charge is -2.36. The molecule has 24 heavy (non-hydrogen) atoms. The van der Waals surface area contributed by atoms with E-state index in [4.69, 9.17) is 14.6 Å². The van der Waals surface area contributed by atoms with Crippen LogP contribution in [0.1, 0.15) is 65.7 Å². The minimum absolute atomic E-state index is 0.0334. The summed E-state index contributed by atoms with van der Waals surface area (Å²) in [6.45, 7) is 5.49. The molecule has 1 rings (SSSR count). The Morgan fingerprint density at radius 3 is 2.25 bits per heavy atom. The summed E-state index contributed by atoms with van der Waals surface area (Å²) >= 11 is 0. The second-order valence-electron chi connectivity index (χ2n) is 6.85. The zero-order valence-corrected chi connectivity index (χ0v) is 14.8. The molecule has 0 heterocycles. The van der Waals surface area contributed by atoms with E-state index >= 15 is 0 Å². The van der Waals surface area contributed by atoms with Gasteiger partial charge in [-0.1, -0.05) is 40.0 Å². The molecule has 1 aliphatic rings. The van der Waals surface area contributed by atoms with E-state index in [1.165, 1.54) is 0 Å². The maximum atomic E-state index is 12.0. The SMILES string of the molecule is CCC(=O)OC(OC(=O)NCC1(CC(=O)O)CCCCC1)C(C)C. The highest BCUT2D eigenvalue weighted by atomic mass is 16.7. The Morgan fingerprint density at radius 2 is 1.75 bits per heavy atom. The zero-order valence-electron chi connectivity index (χ0n) is 14.8. The summed E-state index contributed by atoms with van der Waals surface area (Å²) in [4.78, 5) is 34.6. The monoisotopic (exact) mass is 343 g/mol. The first-order chi connectivity index (χ1) is 11.3. The molecule has 1 unspecified atom stereocenters. The standard InChI is InChI=1S/C17H29NO6/c1-4-14(21)23-15(12(2)3)24-16(22)18-11-17(10-13(19)20)8-6-5-7-9-17/h12,15H,4-11H2,1-3H3,(H,18,22)(H,19,20). The predicted molar refractivity (Wildman–Crippen MR) is 87.3 cm³/mol. The number of carbonyl (C=O) groups excluding carboxylic acids is 2. The summed E-state index contributed by atoms with van der Waals surface area (Å²) < 4.78 is 10.3. The molecule has 7 heteroatoms. The number of alkyl carbamates (subject to hydrolysis) is 1. The number of rotatable bonds is 8. The van der Waals surface area contributed by atoms with Crippen molar-refractivity contribution in [2.24, 2.45) is 11.3 Å². The molecule has 1 atom stereocenters. The number of carboxylic acids is 1. The van der Waals surface area contributed by atoms with Crippen LogP contribution in [0.3, 0.4) is 0 Å². The van der Waals surface area contributed by atoms with E-state index in [1.807, 2.05) is 0 Å². The topological polar surface area (TPSA) is 102 Å². The Balaban J connectivity index is 2.57. The van der Waals surface area contributed by atoms with Crippen molar-refractivity contribution in [2.45, 2.75) is 72.0 Å². The van der Waals surface area contributed by atoms with E-state index in [9.17, 15) is 14.4 Å². The van der Waals surface area contributed by atoms with Crippen LogP contribution in [-0.2, 0) is 19.1 Å². The minimum atomic E-state index is -0.945. The number of carboxylic acid groups (broad SMARTS) is 1. The van der Waals surface area contributed by atoms with Gasteiger partial charge in [0.15, 0.2) is 0 Å². The molecule has 0 aromatic heterocycles. The summed E-state index contributed by atoms with van der Waals surface area (Å²) in [6, 6.07) is 0. The van der Waals surface area contributed by atoms with Gasteiger partial charge in [-0.3, -0.25) is 9.59 Å². The van der Waals surface area contributed by atoms with Crippen molar-refractivity contribution in [3.05, 3.63) is 0 Å². The highest BCUT2D eigenvalue weighted by Crippen LogP contribution is 2.38. The van der Waals surface area contributed by atoms with E-state index in [0.717, 1.165) is 32.1 Å². The van der Waals surface area contributed by atoms with Gasteiger partial charge < -0.3 is 19.9 Å². The average Bonchev–Trinajstić information content (AvgIpc) is 2.52. The van der Waals surface area contributed by atoms with Gasteiger partial charge >= 0.3 is 18.0 Å². The number of nitrogens with one attached hydrogen (secondary N) is 1. The Hall–Kier alpha value is -1.79. The molecule has 1 fully saturated rings. The van der Waals surface area contributed by atoms with Gasteiger partial charge in [-0.2, -0.15) is 0 Å². The van der Waals surface area contributed by atoms with Crippen LogP contribution in [0.4, 0.5) is 4.79 Å². The quantitative estimate of drug-likeness (QED) is 0.519. The van der Waals surface area contributed by atoms with Gasteiger partial charge in [0.1, 0.15) is 0 Å². The third-order valence-electron chi connectivity index (χ3n) is 4.35. The van der Waals surface area contributed by atoms with Crippen molar-refractivity contribution in [2.75, 3.05) is 6.54 Å². The number of hydrogen-bond donors (Lipinski definition) is 2. The lowest BCUT2D eigenvalue weighted by Crippen LogP contribution is -2.42. The maximum absolute atomic E-state index is 12.0. The van der Waals surface area contributed by atoms with Crippen LogP contribution in [0, 0.1) is 11.3 Å². The first kappa shape index (κ1) is 20.3. The molecule has 0 aromatic carbocycles. The van der Waals surface area contributed by atoms with Crippen LogP contribution in [-0.4, -0.2) is 36.0 Å². The number of esters is 1. The number of hydrogen-bond acceptors (Lipinski definition) is 5. The van der Waals surface area contributed by atoms with Gasteiger partial charge in [0.05, 0.1) is 6.42 Å². The van der Waals surface area contributed by atoms with Crippen molar-refractivity contribution in [3.63, 3.8) is 0 Å². The van der Waals surface area contributed by atoms with Gasteiger partial charge in [0, 0.05) is 18.9 Å². The number of aliphatic carboxylic acids is 1. The molecular weight excluding hydrogens is 314 g/mol. The summed E-state index contributed by atoms with van der Waals surface area (Å²) in [5.41, 5.74) is -0.420. The van der Waals surface area contributed by atoms with Crippen LogP contribution >= 0.6 is 0 Å². The van der Waals surface area contributed by atoms with E-state index in [2.05, 4.69) is 5.32 Å². The third-order valence-corrected chi connectivity index (χ3v) is 4.35. The third kappa shape index (κ3) is 6.76. The van der Waals surface area contributed by atoms with Crippen molar-refractivity contribution in [1.29, 1.82) is 0 Å². The predicted octanol–water partition coefficient (Wildman–Crippen LogP) is 3.07. The zero-order chi connectivity index (χ0) is 18.2. The van der Waals surface area contributed by atoms with Crippen LogP contribution in [0.25, 0.3) is 0 Å². The summed E-state index contributed by atoms with van der Waals surface area (Å²) in [6.07, 6.45) is 3.18. The van der Waals surface area contributed by atoms with Crippen LogP contribution in [0.5, 0.6) is 0 Å². The molecule has 0 bridgehead atoms. The summed E-state index contributed by atoms with van der Waals surface area (Å²) in [7, 11) is 0. The summed E-state index contributed by atoms with van der Waals surface area (Å²) in [5, 5.41) is 11.8. The lowest BCUT2D eigenvalue weighted by atomic mass is 9.72. The van der Waals surface area contributed by atoms with E-state index < -0.39 is 29.7 Å². The molecular formula is C17H29NO6. The van der Waals surface area contributed by atoms with Crippen molar-refractivity contribution >= 4 is 18.0 Å². The van der Waals surface area contributed by atoms with Gasteiger partial charge in [-0.05, 0) is 18.3 Å². The molecule has 0 saturated heterocycles. The second kappa shape index (κ2) is 9.49. The highest BCUT2D eigenvalue weighted by Gasteiger charge is 2.35. The van der Waals surface area contributed by atoms with Gasteiger partial charge in [-0.25, -0.2) is 4.79 Å². The van der Waals surface area contributed by atoms with Crippen molar-refractivity contribution in [1.82, 2.24) is 5.32 Å². The van der Waals surface area contributed by atoms with Gasteiger partial charge in [0.25, 0.3) is 6.29 Å². The molecule has 138 valence electrons. The van der Waals surface area contributed by atoms with Gasteiger partial charge in [0.2, 0.25) is 0 Å². The molecule has 1 amide bonds. The first-order valence-electron chi connectivity index (χ1n) is 8.64. The largest absolute Gasteiger partial charge is 0.481 e. The van der Waals surface area contributed by atoms with E-state index in [0.29, 0.717) is 0 Å². The second-order valence-corrected chi connectivity index (χ2v) is 6.85. The molecule has 1 saturated carbocycles. The molecule has 0 aliphatic heterocycles. The number of amides is 1. The Kier molecular flexibility index (Phi) is 8.01. The van der Waals surface area contributed by atoms with Crippen LogP contribution < -0.4 is 5.32 Å². The molecule has 0 radical (unpaired) electrons. The summed E-state index contributed by atoms with van der Waals surface area (Å²) in [5.74, 6) is -1.46. The fourth-order valence-corrected chi connectivity index (χ4v) is 2.95. The Morgan fingerprint density at radius 1 is 1.12 bits per heavy atom. The fraction of sp³-hybridized carbons (Fsp3) is 0.824. The van der Waals surface area contributed by atoms with Gasteiger partial charge in [-0.15, -0.1) is 0 Å². The first-order valence-corrected chi connectivity index (χ1v) is 8.64. The number of ether oxygens (including phenoxy) is 2. The molecule has 2 N–H and O–H groups in total. The van der Waals surface area contributed by atoms with Crippen molar-refractivity contribution < 1.29 is 29.0 Å². The minimum Gasteiger partial charge on any atom is -0.481 e. The average molecular weight is 343 g/mol. The van der Waals surface area contributed by atoms with Crippen LogP contribution in [0.2, 0.25) is 0 Å². The lowest BCUT2D eigenvalue weighted by molar-refractivity contribution is -0.174. The number of carbonyl (C=O) groups is 3. The normalized spacial score (nSPS) is 17.8. The van der Waals surface area contributed by atoms with Crippen molar-refractivity contribution in [3.8, 4) is 0 Å². The smallest absolute Gasteiger partial charge is 0.410 e. The Bertz CT molecular complexity index is 442. The molecule has 7 nitrogen and oxygen atoms in total. The van der Waals surface area contributed by atoms with Crippen LogP contribution in [0.15, 0.2) is 0 Å². The van der Waals surface area contributed by atoms with E-state index in [1.54, 1.807) is 20.8 Å². The molecule has 0 spiro atoms. The highest BCUT2D eigenvalue weighted by molar-refractivity contribution is 5.71. The van der Waals surface area contributed by atoms with E-state index in [-0.39, 0.29) is 25.3 Å². The Labute approximate surface area is 143 Å². The molecule has 1 aliphatic carbocycles. The maximum Gasteiger partial charge on any atom is 0.410 e. The fourth-order valence-electron chi connectivity index (χ4n) is 2.95. The molecule has 0 aromatic rings.